The van der Waals surface area contributed by atoms with E-state index in [1.54, 1.807) is 0 Å². The second kappa shape index (κ2) is 17.9. The van der Waals surface area contributed by atoms with Gasteiger partial charge in [0, 0.05) is 0 Å². The molecule has 2 heterocycles. The molecule has 58 heavy (non-hydrogen) atoms. The summed E-state index contributed by atoms with van der Waals surface area (Å²) < 4.78 is 9.47. The van der Waals surface area contributed by atoms with E-state index in [1.807, 2.05) is 12.7 Å². The minimum absolute atomic E-state index is 0. The first kappa shape index (κ1) is 41.1. The Morgan fingerprint density at radius 2 is 0.914 bits per heavy atom. The van der Waals surface area contributed by atoms with Gasteiger partial charge in [0.25, 0.3) is 0 Å². The Balaban J connectivity index is 0.00000512. The second-order valence-corrected chi connectivity index (χ2v) is 23.3. The Morgan fingerprint density at radius 3 is 1.34 bits per heavy atom. The normalized spacial score (nSPS) is 11.6. The third-order valence-electron chi connectivity index (χ3n) is 11.4. The Bertz CT molecular complexity index is 2530. The number of aromatic nitrogens is 4. The molecule has 6 heteroatoms. The first-order chi connectivity index (χ1) is 27.8. The van der Waals surface area contributed by atoms with Crippen molar-refractivity contribution in [3.63, 3.8) is 0 Å². The SMILES string of the molecule is CCc1cccc(CC)c1-n1cnc(-c2[c-][c]([Ge]([c]3[c-]c(-c4cn(-c5c(C(C)C)cccc5C(C)C)cn4)ccc3)([c]3ccccc3)[c]3ccccc3)ccc2)c1.[Pt+2]. The number of aryl methyl sites for hydroxylation is 2. The average molecular weight is 999 g/mol. The Hall–Kier alpha value is -5.03. The van der Waals surface area contributed by atoms with E-state index in [9.17, 15) is 0 Å². The predicted octanol–water partition coefficient (Wildman–Crippen LogP) is 9.74. The molecule has 0 unspecified atom stereocenters. The van der Waals surface area contributed by atoms with Crippen LogP contribution in [0.4, 0.5) is 0 Å². The van der Waals surface area contributed by atoms with Crippen LogP contribution in [-0.4, -0.2) is 32.4 Å². The van der Waals surface area contributed by atoms with Crippen molar-refractivity contribution in [3.05, 3.63) is 193 Å². The smallest absolute Gasteiger partial charge is 2.00 e. The molecule has 8 aromatic rings. The molecule has 0 spiro atoms. The monoisotopic (exact) mass is 999 g/mol. The Kier molecular flexibility index (Phi) is 12.7. The molecule has 6 aromatic carbocycles. The van der Waals surface area contributed by atoms with Crippen LogP contribution in [0.5, 0.6) is 0 Å². The zero-order valence-electron chi connectivity index (χ0n) is 34.2. The number of benzene rings is 6. The standard InChI is InChI=1S/C52H50GeN4.Pt/c1-7-39-19-15-20-40(8-2)51(39)56-33-49(54-35-56)41-21-16-27-45(31-41)53(43-23-11-9-12-24-43,44-25-13-10-14-26-44)46-28-17-22-42(32-46)50-34-57(36-55-50)52-47(37(3)4)29-18-30-48(52)38(5)6;/h9-30,33-38H,7-8H2,1-6H3;/q-2;+2. The van der Waals surface area contributed by atoms with Crippen LogP contribution in [-0.2, 0) is 33.9 Å². The van der Waals surface area contributed by atoms with Gasteiger partial charge in [-0.1, -0.05) is 0 Å². The molecule has 0 radical (unpaired) electrons. The minimum Gasteiger partial charge on any atom is 2.00 e. The molecule has 0 atom stereocenters. The Morgan fingerprint density at radius 1 is 0.500 bits per heavy atom. The number of hydrogen-bond acceptors (Lipinski definition) is 2. The molecule has 0 aliphatic carbocycles. The van der Waals surface area contributed by atoms with Gasteiger partial charge in [-0.05, 0) is 0 Å². The summed E-state index contributed by atoms with van der Waals surface area (Å²) in [5, 5.41) is 0. The van der Waals surface area contributed by atoms with Crippen LogP contribution < -0.4 is 17.6 Å². The van der Waals surface area contributed by atoms with Crippen LogP contribution in [0.15, 0.2) is 159 Å². The zero-order valence-corrected chi connectivity index (χ0v) is 38.6. The average Bonchev–Trinajstić information content (AvgIpc) is 3.96. The fourth-order valence-corrected chi connectivity index (χ4v) is 18.1. The summed E-state index contributed by atoms with van der Waals surface area (Å²) in [7, 11) is 0. The second-order valence-electron chi connectivity index (χ2n) is 15.5. The van der Waals surface area contributed by atoms with E-state index in [0.717, 1.165) is 35.4 Å². The van der Waals surface area contributed by atoms with E-state index in [2.05, 4.69) is 209 Å². The zero-order chi connectivity index (χ0) is 39.5. The van der Waals surface area contributed by atoms with Gasteiger partial charge < -0.3 is 0 Å². The molecule has 0 N–H and O–H groups in total. The number of imidazole rings is 2. The molecule has 8 rings (SSSR count). The van der Waals surface area contributed by atoms with E-state index in [0.29, 0.717) is 11.8 Å². The maximum atomic E-state index is 5.04. The topological polar surface area (TPSA) is 35.6 Å². The summed E-state index contributed by atoms with van der Waals surface area (Å²) in [6, 6.07) is 56.7. The molecular formula is C52H50GeN4Pt. The van der Waals surface area contributed by atoms with Crippen molar-refractivity contribution in [1.82, 2.24) is 19.1 Å². The molecule has 0 fully saturated rings. The third-order valence-corrected chi connectivity index (χ3v) is 21.0. The molecule has 0 bridgehead atoms. The first-order valence-corrected chi connectivity index (χ1v) is 24.5. The number of hydrogen-bond donors (Lipinski definition) is 0. The van der Waals surface area contributed by atoms with E-state index in [-0.39, 0.29) is 21.1 Å². The van der Waals surface area contributed by atoms with E-state index in [4.69, 9.17) is 9.97 Å². The molecule has 0 aliphatic heterocycles. The van der Waals surface area contributed by atoms with Crippen LogP contribution in [0.1, 0.15) is 75.6 Å². The van der Waals surface area contributed by atoms with Gasteiger partial charge in [0.1, 0.15) is 0 Å². The van der Waals surface area contributed by atoms with Gasteiger partial charge in [-0.2, -0.15) is 0 Å². The first-order valence-electron chi connectivity index (χ1n) is 20.3. The largest absolute Gasteiger partial charge is 2.00 e. The fourth-order valence-electron chi connectivity index (χ4n) is 8.51. The van der Waals surface area contributed by atoms with Crippen LogP contribution >= 0.6 is 0 Å². The van der Waals surface area contributed by atoms with Gasteiger partial charge in [-0.3, -0.25) is 0 Å². The molecule has 0 amide bonds. The molecule has 292 valence electrons. The molecule has 2 aromatic heterocycles. The van der Waals surface area contributed by atoms with Crippen LogP contribution in [0.3, 0.4) is 0 Å². The molecule has 0 saturated heterocycles. The van der Waals surface area contributed by atoms with Crippen molar-refractivity contribution >= 4 is 30.8 Å². The summed E-state index contributed by atoms with van der Waals surface area (Å²) in [6.45, 7) is 13.5. The molecular weight excluding hydrogens is 948 g/mol. The van der Waals surface area contributed by atoms with Gasteiger partial charge in [0.15, 0.2) is 0 Å². The van der Waals surface area contributed by atoms with E-state index >= 15 is 0 Å². The molecule has 0 aliphatic rings. The summed E-state index contributed by atoms with van der Waals surface area (Å²) in [6.07, 6.45) is 10.2. The van der Waals surface area contributed by atoms with E-state index < -0.39 is 13.3 Å². The van der Waals surface area contributed by atoms with Gasteiger partial charge >= 0.3 is 364 Å². The summed E-state index contributed by atoms with van der Waals surface area (Å²) >= 11 is -3.79. The quantitative estimate of drug-likeness (QED) is 0.0904. The summed E-state index contributed by atoms with van der Waals surface area (Å²) in [4.78, 5) is 10.0. The van der Waals surface area contributed by atoms with Crippen molar-refractivity contribution in [2.45, 2.75) is 66.2 Å². The van der Waals surface area contributed by atoms with E-state index in [1.165, 1.54) is 51.2 Å². The third kappa shape index (κ3) is 7.65. The molecule has 0 saturated carbocycles. The van der Waals surface area contributed by atoms with Gasteiger partial charge in [0.2, 0.25) is 0 Å². The van der Waals surface area contributed by atoms with Crippen molar-refractivity contribution in [2.24, 2.45) is 0 Å². The van der Waals surface area contributed by atoms with Gasteiger partial charge in [-0.15, -0.1) is 0 Å². The predicted molar refractivity (Wildman–Crippen MR) is 240 cm³/mol. The van der Waals surface area contributed by atoms with Crippen LogP contribution in [0.25, 0.3) is 33.9 Å². The Labute approximate surface area is 361 Å². The fraction of sp³-hybridized carbons (Fsp3) is 0.192. The van der Waals surface area contributed by atoms with Crippen LogP contribution in [0, 0.1) is 12.1 Å². The van der Waals surface area contributed by atoms with Gasteiger partial charge in [-0.25, -0.2) is 0 Å². The minimum atomic E-state index is -3.79. The maximum Gasteiger partial charge on any atom is 2.00 e. The summed E-state index contributed by atoms with van der Waals surface area (Å²) in [5.74, 6) is 0.762. The number of nitrogens with zero attached hydrogens (tertiary/aromatic N) is 4. The van der Waals surface area contributed by atoms with Crippen LogP contribution in [0.2, 0.25) is 0 Å². The number of para-hydroxylation sites is 2. The molecule has 4 nitrogen and oxygen atoms in total. The van der Waals surface area contributed by atoms with Crippen molar-refractivity contribution in [1.29, 1.82) is 0 Å². The van der Waals surface area contributed by atoms with Gasteiger partial charge in [0.05, 0.1) is 0 Å². The number of rotatable bonds is 12. The van der Waals surface area contributed by atoms with Crippen molar-refractivity contribution in [2.75, 3.05) is 0 Å². The maximum absolute atomic E-state index is 5.04. The van der Waals surface area contributed by atoms with Crippen molar-refractivity contribution in [3.8, 4) is 33.9 Å². The van der Waals surface area contributed by atoms with Crippen molar-refractivity contribution < 1.29 is 21.1 Å². The summed E-state index contributed by atoms with van der Waals surface area (Å²) in [5.41, 5.74) is 11.5.